The monoisotopic (exact) mass is 406 g/mol. The van der Waals surface area contributed by atoms with Crippen LogP contribution in [0.15, 0.2) is 48.8 Å². The summed E-state index contributed by atoms with van der Waals surface area (Å²) in [7, 11) is 0. The lowest BCUT2D eigenvalue weighted by Gasteiger charge is -2.35. The van der Waals surface area contributed by atoms with E-state index in [1.54, 1.807) is 27.8 Å². The zero-order valence-electron chi connectivity index (χ0n) is 17.0. The van der Waals surface area contributed by atoms with Gasteiger partial charge in [0, 0.05) is 49.6 Å². The molecule has 0 bridgehead atoms. The van der Waals surface area contributed by atoms with Crippen molar-refractivity contribution < 1.29 is 9.18 Å². The number of anilines is 1. The largest absolute Gasteiger partial charge is 0.353 e. The second-order valence-electron chi connectivity index (χ2n) is 7.24. The van der Waals surface area contributed by atoms with Gasteiger partial charge in [0.2, 0.25) is 5.91 Å². The number of nitrogens with zero attached hydrogens (tertiary/aromatic N) is 6. The maximum Gasteiger partial charge on any atom is 0.246 e. The Morgan fingerprint density at radius 2 is 1.77 bits per heavy atom. The van der Waals surface area contributed by atoms with E-state index >= 15 is 0 Å². The molecule has 1 amide bonds. The van der Waals surface area contributed by atoms with Crippen molar-refractivity contribution in [3.8, 4) is 5.82 Å². The molecule has 4 rings (SSSR count). The number of amides is 1. The molecule has 2 aromatic heterocycles. The molecule has 0 unspecified atom stereocenters. The molecule has 154 valence electrons. The number of carbonyl (C=O) groups excluding carboxylic acids is 1. The number of benzene rings is 1. The first-order chi connectivity index (χ1) is 14.5. The van der Waals surface area contributed by atoms with Crippen molar-refractivity contribution in [1.82, 2.24) is 24.6 Å². The third kappa shape index (κ3) is 4.22. The number of hydrogen-bond acceptors (Lipinski definition) is 5. The Hall–Kier alpha value is -3.55. The summed E-state index contributed by atoms with van der Waals surface area (Å²) in [6.45, 7) is 6.39. The van der Waals surface area contributed by atoms with Crippen LogP contribution in [0.2, 0.25) is 0 Å². The second kappa shape index (κ2) is 8.44. The van der Waals surface area contributed by atoms with E-state index in [1.807, 2.05) is 26.0 Å². The number of aryl methyl sites for hydroxylation is 2. The minimum absolute atomic E-state index is 0.121. The molecule has 1 aliphatic rings. The maximum absolute atomic E-state index is 13.7. The first-order valence-corrected chi connectivity index (χ1v) is 9.83. The number of aromatic nitrogens is 4. The van der Waals surface area contributed by atoms with Crippen molar-refractivity contribution in [3.05, 3.63) is 71.6 Å². The van der Waals surface area contributed by atoms with Crippen LogP contribution in [0.1, 0.15) is 17.0 Å². The van der Waals surface area contributed by atoms with Gasteiger partial charge in [-0.25, -0.2) is 19.0 Å². The van der Waals surface area contributed by atoms with Crippen molar-refractivity contribution >= 4 is 17.8 Å². The van der Waals surface area contributed by atoms with Gasteiger partial charge in [0.15, 0.2) is 5.82 Å². The molecule has 1 aliphatic heterocycles. The molecule has 3 heterocycles. The summed E-state index contributed by atoms with van der Waals surface area (Å²) in [5.74, 6) is 1.07. The fourth-order valence-electron chi connectivity index (χ4n) is 3.52. The molecule has 0 aliphatic carbocycles. The Kier molecular flexibility index (Phi) is 5.56. The summed E-state index contributed by atoms with van der Waals surface area (Å²) in [4.78, 5) is 25.1. The molecule has 3 aromatic rings. The van der Waals surface area contributed by atoms with Gasteiger partial charge in [-0.3, -0.25) is 4.79 Å². The van der Waals surface area contributed by atoms with Gasteiger partial charge in [-0.15, -0.1) is 0 Å². The van der Waals surface area contributed by atoms with Gasteiger partial charge < -0.3 is 9.80 Å². The highest BCUT2D eigenvalue weighted by molar-refractivity contribution is 5.92. The molecule has 1 aromatic carbocycles. The van der Waals surface area contributed by atoms with Crippen LogP contribution >= 0.6 is 0 Å². The number of halogens is 1. The molecular weight excluding hydrogens is 383 g/mol. The lowest BCUT2D eigenvalue weighted by Crippen LogP contribution is -2.48. The maximum atomic E-state index is 13.7. The van der Waals surface area contributed by atoms with Crippen LogP contribution in [0.3, 0.4) is 0 Å². The lowest BCUT2D eigenvalue weighted by atomic mass is 10.2. The Bertz CT molecular complexity index is 1080. The lowest BCUT2D eigenvalue weighted by molar-refractivity contribution is -0.126. The highest BCUT2D eigenvalue weighted by Gasteiger charge is 2.21. The summed E-state index contributed by atoms with van der Waals surface area (Å²) in [6.07, 6.45) is 4.49. The summed E-state index contributed by atoms with van der Waals surface area (Å²) < 4.78 is 15.5. The molecule has 0 radical (unpaired) electrons. The Morgan fingerprint density at radius 3 is 2.47 bits per heavy atom. The zero-order chi connectivity index (χ0) is 21.1. The van der Waals surface area contributed by atoms with Gasteiger partial charge in [-0.2, -0.15) is 5.10 Å². The third-order valence-electron chi connectivity index (χ3n) is 5.09. The minimum atomic E-state index is -0.339. The highest BCUT2D eigenvalue weighted by atomic mass is 19.1. The van der Waals surface area contributed by atoms with E-state index in [4.69, 9.17) is 0 Å². The SMILES string of the molecule is Cc1cc(C)n(-c2cc(N3CCN(C(=O)/C=C/c4ccccc4F)CC3)ncn2)n1. The quantitative estimate of drug-likeness (QED) is 0.624. The average Bonchev–Trinajstić information content (AvgIpc) is 3.11. The van der Waals surface area contributed by atoms with Crippen LogP contribution in [0.4, 0.5) is 10.2 Å². The van der Waals surface area contributed by atoms with Crippen LogP contribution in [0.25, 0.3) is 11.9 Å². The van der Waals surface area contributed by atoms with Gasteiger partial charge in [-0.05, 0) is 32.1 Å². The first kappa shape index (κ1) is 19.8. The molecule has 7 nitrogen and oxygen atoms in total. The number of rotatable bonds is 4. The van der Waals surface area contributed by atoms with Gasteiger partial charge in [-0.1, -0.05) is 18.2 Å². The molecule has 1 fully saturated rings. The van der Waals surface area contributed by atoms with Crippen LogP contribution in [0.5, 0.6) is 0 Å². The van der Waals surface area contributed by atoms with E-state index in [0.29, 0.717) is 31.7 Å². The van der Waals surface area contributed by atoms with Gasteiger partial charge in [0.1, 0.15) is 18.0 Å². The van der Waals surface area contributed by atoms with Crippen molar-refractivity contribution in [1.29, 1.82) is 0 Å². The van der Waals surface area contributed by atoms with Crippen LogP contribution in [-0.2, 0) is 4.79 Å². The Balaban J connectivity index is 1.40. The molecule has 0 N–H and O–H groups in total. The molecule has 0 spiro atoms. The number of piperazine rings is 1. The average molecular weight is 406 g/mol. The van der Waals surface area contributed by atoms with Crippen LogP contribution in [-0.4, -0.2) is 56.7 Å². The molecular formula is C22H23FN6O. The predicted molar refractivity (Wildman–Crippen MR) is 113 cm³/mol. The number of hydrogen-bond donors (Lipinski definition) is 0. The topological polar surface area (TPSA) is 67.2 Å². The smallest absolute Gasteiger partial charge is 0.246 e. The van der Waals surface area contributed by atoms with Gasteiger partial charge in [0.05, 0.1) is 5.69 Å². The summed E-state index contributed by atoms with van der Waals surface area (Å²) in [5, 5.41) is 4.47. The van der Waals surface area contributed by atoms with Gasteiger partial charge >= 0.3 is 0 Å². The van der Waals surface area contributed by atoms with E-state index in [2.05, 4.69) is 20.0 Å². The predicted octanol–water partition coefficient (Wildman–Crippen LogP) is 2.78. The highest BCUT2D eigenvalue weighted by Crippen LogP contribution is 2.18. The van der Waals surface area contributed by atoms with E-state index in [1.165, 1.54) is 24.5 Å². The molecule has 0 atom stereocenters. The summed E-state index contributed by atoms with van der Waals surface area (Å²) in [6, 6.07) is 10.3. The molecule has 30 heavy (non-hydrogen) atoms. The van der Waals surface area contributed by atoms with E-state index in [9.17, 15) is 9.18 Å². The van der Waals surface area contributed by atoms with E-state index in [0.717, 1.165) is 23.0 Å². The third-order valence-corrected chi connectivity index (χ3v) is 5.09. The first-order valence-electron chi connectivity index (χ1n) is 9.83. The fraction of sp³-hybridized carbons (Fsp3) is 0.273. The van der Waals surface area contributed by atoms with Crippen molar-refractivity contribution in [3.63, 3.8) is 0 Å². The standard InChI is InChI=1S/C22H23FN6O/c1-16-13-17(2)29(26-16)21-14-20(24-15-25-21)27-9-11-28(12-10-27)22(30)8-7-18-5-3-4-6-19(18)23/h3-8,13-15H,9-12H2,1-2H3/b8-7+. The number of carbonyl (C=O) groups is 1. The minimum Gasteiger partial charge on any atom is -0.353 e. The normalized spacial score (nSPS) is 14.5. The van der Waals surface area contributed by atoms with Crippen molar-refractivity contribution in [2.24, 2.45) is 0 Å². The second-order valence-corrected chi connectivity index (χ2v) is 7.24. The van der Waals surface area contributed by atoms with Crippen LogP contribution in [0, 0.1) is 19.7 Å². The fourth-order valence-corrected chi connectivity index (χ4v) is 3.52. The van der Waals surface area contributed by atoms with Crippen molar-refractivity contribution in [2.75, 3.05) is 31.1 Å². The van der Waals surface area contributed by atoms with Crippen molar-refractivity contribution in [2.45, 2.75) is 13.8 Å². The summed E-state index contributed by atoms with van der Waals surface area (Å²) >= 11 is 0. The zero-order valence-corrected chi connectivity index (χ0v) is 17.0. The summed E-state index contributed by atoms with van der Waals surface area (Å²) in [5.41, 5.74) is 2.35. The Morgan fingerprint density at radius 1 is 1.03 bits per heavy atom. The van der Waals surface area contributed by atoms with E-state index < -0.39 is 0 Å². The molecule has 0 saturated carbocycles. The Labute approximate surface area is 174 Å². The molecule has 8 heteroatoms. The molecule has 1 saturated heterocycles. The van der Waals surface area contributed by atoms with Crippen LogP contribution < -0.4 is 4.90 Å². The van der Waals surface area contributed by atoms with E-state index in [-0.39, 0.29) is 11.7 Å². The van der Waals surface area contributed by atoms with Gasteiger partial charge in [0.25, 0.3) is 0 Å².